The Morgan fingerprint density at radius 3 is 2.87 bits per heavy atom. The Morgan fingerprint density at radius 1 is 1.53 bits per heavy atom. The Bertz CT molecular complexity index is 261. The second kappa shape index (κ2) is 6.20. The molecule has 1 aromatic rings. The molecule has 3 nitrogen and oxygen atoms in total. The molecule has 0 aromatic carbocycles. The van der Waals surface area contributed by atoms with Gasteiger partial charge in [-0.2, -0.15) is 0 Å². The van der Waals surface area contributed by atoms with E-state index in [1.54, 1.807) is 11.3 Å². The Labute approximate surface area is 95.7 Å². The molecule has 0 amide bonds. The van der Waals surface area contributed by atoms with Crippen molar-refractivity contribution in [3.63, 3.8) is 0 Å². The summed E-state index contributed by atoms with van der Waals surface area (Å²) in [5.74, 6) is 0. The Kier molecular flexibility index (Phi) is 5.22. The zero-order chi connectivity index (χ0) is 11.3. The van der Waals surface area contributed by atoms with Gasteiger partial charge in [-0.15, -0.1) is 11.3 Å². The predicted octanol–water partition coefficient (Wildman–Crippen LogP) is 3.04. The maximum absolute atomic E-state index is 6.00. The molecule has 0 saturated carbocycles. The molecule has 1 aromatic heterocycles. The molecule has 15 heavy (non-hydrogen) atoms. The zero-order valence-electron chi connectivity index (χ0n) is 9.69. The van der Waals surface area contributed by atoms with Crippen molar-refractivity contribution in [2.24, 2.45) is 5.73 Å². The fourth-order valence-corrected chi connectivity index (χ4v) is 2.32. The first-order valence-corrected chi connectivity index (χ1v) is 6.39. The maximum Gasteiger partial charge on any atom is 0.122 e. The SMILES string of the molecule is CCCC(N)c1csc(C(C)OCC)n1. The molecule has 0 fully saturated rings. The molecule has 0 radical (unpaired) electrons. The molecular weight excluding hydrogens is 208 g/mol. The quantitative estimate of drug-likeness (QED) is 0.814. The van der Waals surface area contributed by atoms with Crippen molar-refractivity contribution < 1.29 is 4.74 Å². The van der Waals surface area contributed by atoms with Crippen molar-refractivity contribution in [2.45, 2.75) is 45.8 Å². The van der Waals surface area contributed by atoms with Gasteiger partial charge in [0.1, 0.15) is 11.1 Å². The highest BCUT2D eigenvalue weighted by molar-refractivity contribution is 7.09. The van der Waals surface area contributed by atoms with Crippen molar-refractivity contribution in [2.75, 3.05) is 6.61 Å². The van der Waals surface area contributed by atoms with Crippen LogP contribution in [-0.4, -0.2) is 11.6 Å². The van der Waals surface area contributed by atoms with Crippen molar-refractivity contribution in [1.82, 2.24) is 4.98 Å². The van der Waals surface area contributed by atoms with E-state index in [2.05, 4.69) is 11.9 Å². The predicted molar refractivity (Wildman–Crippen MR) is 64.0 cm³/mol. The summed E-state index contributed by atoms with van der Waals surface area (Å²) >= 11 is 1.64. The van der Waals surface area contributed by atoms with E-state index in [1.165, 1.54) is 0 Å². The third-order valence-electron chi connectivity index (χ3n) is 2.28. The van der Waals surface area contributed by atoms with Crippen molar-refractivity contribution in [1.29, 1.82) is 0 Å². The lowest BCUT2D eigenvalue weighted by Gasteiger charge is -2.08. The smallest absolute Gasteiger partial charge is 0.122 e. The van der Waals surface area contributed by atoms with Gasteiger partial charge < -0.3 is 10.5 Å². The fourth-order valence-electron chi connectivity index (χ4n) is 1.44. The van der Waals surface area contributed by atoms with E-state index in [0.29, 0.717) is 0 Å². The van der Waals surface area contributed by atoms with E-state index in [9.17, 15) is 0 Å². The molecular formula is C11H20N2OS. The van der Waals surface area contributed by atoms with E-state index < -0.39 is 0 Å². The highest BCUT2D eigenvalue weighted by Gasteiger charge is 2.13. The van der Waals surface area contributed by atoms with Crippen LogP contribution in [0.15, 0.2) is 5.38 Å². The lowest BCUT2D eigenvalue weighted by Crippen LogP contribution is -2.10. The molecule has 0 aliphatic rings. The standard InChI is InChI=1S/C11H20N2OS/c1-4-6-9(12)10-7-15-11(13-10)8(3)14-5-2/h7-9H,4-6,12H2,1-3H3. The van der Waals surface area contributed by atoms with Crippen LogP contribution in [0.3, 0.4) is 0 Å². The van der Waals surface area contributed by atoms with Gasteiger partial charge in [0.15, 0.2) is 0 Å². The van der Waals surface area contributed by atoms with Gasteiger partial charge in [0, 0.05) is 18.0 Å². The van der Waals surface area contributed by atoms with Gasteiger partial charge in [-0.05, 0) is 20.3 Å². The fraction of sp³-hybridized carbons (Fsp3) is 0.727. The van der Waals surface area contributed by atoms with Gasteiger partial charge in [0.25, 0.3) is 0 Å². The molecule has 2 atom stereocenters. The summed E-state index contributed by atoms with van der Waals surface area (Å²) in [5.41, 5.74) is 7.00. The molecule has 86 valence electrons. The minimum absolute atomic E-state index is 0.0776. The monoisotopic (exact) mass is 228 g/mol. The van der Waals surface area contributed by atoms with E-state index in [1.807, 2.05) is 19.2 Å². The molecule has 4 heteroatoms. The Morgan fingerprint density at radius 2 is 2.27 bits per heavy atom. The summed E-state index contributed by atoms with van der Waals surface area (Å²) in [6.07, 6.45) is 2.17. The summed E-state index contributed by atoms with van der Waals surface area (Å²) in [6.45, 7) is 6.87. The lowest BCUT2D eigenvalue weighted by atomic mass is 10.1. The van der Waals surface area contributed by atoms with Gasteiger partial charge in [-0.25, -0.2) is 4.98 Å². The lowest BCUT2D eigenvalue weighted by molar-refractivity contribution is 0.0760. The molecule has 0 spiro atoms. The Hall–Kier alpha value is -0.450. The summed E-state index contributed by atoms with van der Waals surface area (Å²) in [4.78, 5) is 4.52. The highest BCUT2D eigenvalue weighted by Crippen LogP contribution is 2.24. The van der Waals surface area contributed by atoms with Crippen LogP contribution in [0, 0.1) is 0 Å². The molecule has 0 saturated heterocycles. The third-order valence-corrected chi connectivity index (χ3v) is 3.31. The van der Waals surface area contributed by atoms with Gasteiger partial charge >= 0.3 is 0 Å². The Balaban J connectivity index is 2.62. The number of nitrogens with two attached hydrogens (primary N) is 1. The minimum atomic E-state index is 0.0776. The van der Waals surface area contributed by atoms with Crippen LogP contribution in [-0.2, 0) is 4.74 Å². The third kappa shape index (κ3) is 3.55. The van der Waals surface area contributed by atoms with Crippen LogP contribution in [0.1, 0.15) is 56.5 Å². The van der Waals surface area contributed by atoms with Crippen LogP contribution in [0.25, 0.3) is 0 Å². The van der Waals surface area contributed by atoms with Crippen LogP contribution < -0.4 is 5.73 Å². The summed E-state index contributed by atoms with van der Waals surface area (Å²) in [5, 5.41) is 3.07. The van der Waals surface area contributed by atoms with Gasteiger partial charge in [0.2, 0.25) is 0 Å². The number of aromatic nitrogens is 1. The van der Waals surface area contributed by atoms with Crippen LogP contribution in [0.5, 0.6) is 0 Å². The molecule has 1 heterocycles. The zero-order valence-corrected chi connectivity index (χ0v) is 10.5. The van der Waals surface area contributed by atoms with Gasteiger partial charge in [0.05, 0.1) is 5.69 Å². The number of hydrogen-bond acceptors (Lipinski definition) is 4. The summed E-state index contributed by atoms with van der Waals surface area (Å²) in [7, 11) is 0. The van der Waals surface area contributed by atoms with Crippen LogP contribution in [0.2, 0.25) is 0 Å². The molecule has 2 unspecified atom stereocenters. The first-order chi connectivity index (χ1) is 7.19. The topological polar surface area (TPSA) is 48.1 Å². The second-order valence-corrected chi connectivity index (χ2v) is 4.49. The molecule has 0 aliphatic carbocycles. The molecule has 1 rings (SSSR count). The number of thiazole rings is 1. The van der Waals surface area contributed by atoms with E-state index in [0.717, 1.165) is 30.2 Å². The molecule has 0 aliphatic heterocycles. The largest absolute Gasteiger partial charge is 0.372 e. The number of rotatable bonds is 6. The normalized spacial score (nSPS) is 15.2. The van der Waals surface area contributed by atoms with Gasteiger partial charge in [-0.3, -0.25) is 0 Å². The minimum Gasteiger partial charge on any atom is -0.372 e. The second-order valence-electron chi connectivity index (χ2n) is 3.60. The first kappa shape index (κ1) is 12.6. The van der Waals surface area contributed by atoms with E-state index in [-0.39, 0.29) is 12.1 Å². The van der Waals surface area contributed by atoms with Crippen molar-refractivity contribution in [3.05, 3.63) is 16.1 Å². The number of ether oxygens (including phenoxy) is 1. The average Bonchev–Trinajstić information content (AvgIpc) is 2.67. The first-order valence-electron chi connectivity index (χ1n) is 5.51. The van der Waals surface area contributed by atoms with Gasteiger partial charge in [-0.1, -0.05) is 13.3 Å². The van der Waals surface area contributed by atoms with E-state index in [4.69, 9.17) is 10.5 Å². The molecule has 0 bridgehead atoms. The average molecular weight is 228 g/mol. The number of hydrogen-bond donors (Lipinski definition) is 1. The van der Waals surface area contributed by atoms with Crippen molar-refractivity contribution >= 4 is 11.3 Å². The maximum atomic E-state index is 6.00. The van der Waals surface area contributed by atoms with E-state index >= 15 is 0 Å². The highest BCUT2D eigenvalue weighted by atomic mass is 32.1. The number of nitrogens with zero attached hydrogens (tertiary/aromatic N) is 1. The van der Waals surface area contributed by atoms with Crippen LogP contribution >= 0.6 is 11.3 Å². The summed E-state index contributed by atoms with van der Waals surface area (Å²) in [6, 6.07) is 0.0776. The van der Waals surface area contributed by atoms with Crippen molar-refractivity contribution in [3.8, 4) is 0 Å². The molecule has 2 N–H and O–H groups in total. The van der Waals surface area contributed by atoms with Crippen LogP contribution in [0.4, 0.5) is 0 Å². The summed E-state index contributed by atoms with van der Waals surface area (Å²) < 4.78 is 5.49.